The van der Waals surface area contributed by atoms with Gasteiger partial charge in [-0.25, -0.2) is 0 Å². The summed E-state index contributed by atoms with van der Waals surface area (Å²) in [5.74, 6) is 0.742. The molecule has 110 valence electrons. The Kier molecular flexibility index (Phi) is 5.85. The van der Waals surface area contributed by atoms with Crippen LogP contribution in [0.5, 0.6) is 0 Å². The van der Waals surface area contributed by atoms with Crippen molar-refractivity contribution < 1.29 is 0 Å². The molecule has 0 aromatic heterocycles. The largest absolute Gasteiger partial charge is 0.316 e. The van der Waals surface area contributed by atoms with Crippen molar-refractivity contribution >= 4 is 0 Å². The van der Waals surface area contributed by atoms with Gasteiger partial charge in [0.1, 0.15) is 0 Å². The van der Waals surface area contributed by atoms with Crippen LogP contribution >= 0.6 is 0 Å². The fourth-order valence-corrected chi connectivity index (χ4v) is 2.94. The van der Waals surface area contributed by atoms with Crippen molar-refractivity contribution in [2.45, 2.75) is 52.9 Å². The second-order valence-corrected chi connectivity index (χ2v) is 6.57. The van der Waals surface area contributed by atoms with E-state index >= 15 is 0 Å². The molecule has 0 saturated carbocycles. The molecule has 1 N–H and O–H groups in total. The van der Waals surface area contributed by atoms with Crippen LogP contribution in [0.15, 0.2) is 29.8 Å². The zero-order chi connectivity index (χ0) is 14.4. The fraction of sp³-hybridized carbons (Fsp3) is 0.579. The van der Waals surface area contributed by atoms with Gasteiger partial charge in [-0.3, -0.25) is 0 Å². The monoisotopic (exact) mass is 271 g/mol. The highest BCUT2D eigenvalue weighted by Crippen LogP contribution is 2.23. The Labute approximate surface area is 124 Å². The Bertz CT molecular complexity index is 457. The lowest BCUT2D eigenvalue weighted by molar-refractivity contribution is 0.556. The summed E-state index contributed by atoms with van der Waals surface area (Å²) < 4.78 is 0. The first-order chi connectivity index (χ1) is 9.65. The summed E-state index contributed by atoms with van der Waals surface area (Å²) in [6.45, 7) is 8.98. The summed E-state index contributed by atoms with van der Waals surface area (Å²) in [7, 11) is 0. The maximum Gasteiger partial charge on any atom is -0.00141 e. The topological polar surface area (TPSA) is 12.0 Å². The SMILES string of the molecule is CC(=CCCNCC(C)C)Cc1ccc2c(c1)CCC2. The Balaban J connectivity index is 1.77. The summed E-state index contributed by atoms with van der Waals surface area (Å²) in [5, 5.41) is 3.49. The molecule has 1 aromatic carbocycles. The van der Waals surface area contributed by atoms with Gasteiger partial charge in [-0.05, 0) is 74.7 Å². The van der Waals surface area contributed by atoms with E-state index < -0.39 is 0 Å². The van der Waals surface area contributed by atoms with Crippen molar-refractivity contribution in [3.8, 4) is 0 Å². The summed E-state index contributed by atoms with van der Waals surface area (Å²) in [5.41, 5.74) is 6.14. The summed E-state index contributed by atoms with van der Waals surface area (Å²) in [6, 6.07) is 7.09. The number of fused-ring (bicyclic) bond motifs is 1. The first-order valence-electron chi connectivity index (χ1n) is 8.12. The van der Waals surface area contributed by atoms with E-state index in [0.717, 1.165) is 31.8 Å². The summed E-state index contributed by atoms with van der Waals surface area (Å²) >= 11 is 0. The molecule has 1 aliphatic carbocycles. The van der Waals surface area contributed by atoms with Gasteiger partial charge < -0.3 is 5.32 Å². The highest BCUT2D eigenvalue weighted by molar-refractivity contribution is 5.36. The van der Waals surface area contributed by atoms with Crippen molar-refractivity contribution in [3.05, 3.63) is 46.5 Å². The van der Waals surface area contributed by atoms with Gasteiger partial charge in [-0.1, -0.05) is 43.7 Å². The van der Waals surface area contributed by atoms with E-state index in [4.69, 9.17) is 0 Å². The molecule has 0 saturated heterocycles. The first kappa shape index (κ1) is 15.3. The lowest BCUT2D eigenvalue weighted by Crippen LogP contribution is -2.20. The van der Waals surface area contributed by atoms with E-state index in [1.807, 2.05) is 0 Å². The highest BCUT2D eigenvalue weighted by atomic mass is 14.8. The molecule has 0 bridgehead atoms. The van der Waals surface area contributed by atoms with Gasteiger partial charge in [0.15, 0.2) is 0 Å². The van der Waals surface area contributed by atoms with E-state index in [1.54, 1.807) is 11.1 Å². The molecule has 1 nitrogen and oxygen atoms in total. The minimum atomic E-state index is 0.742. The number of benzene rings is 1. The van der Waals surface area contributed by atoms with Crippen molar-refractivity contribution in [1.82, 2.24) is 5.32 Å². The van der Waals surface area contributed by atoms with Gasteiger partial charge in [0.05, 0.1) is 0 Å². The molecular weight excluding hydrogens is 242 g/mol. The van der Waals surface area contributed by atoms with Crippen LogP contribution < -0.4 is 5.32 Å². The van der Waals surface area contributed by atoms with E-state index in [9.17, 15) is 0 Å². The Hall–Kier alpha value is -1.08. The van der Waals surface area contributed by atoms with Crippen molar-refractivity contribution in [1.29, 1.82) is 0 Å². The Morgan fingerprint density at radius 2 is 2.05 bits per heavy atom. The molecule has 0 amide bonds. The van der Waals surface area contributed by atoms with Gasteiger partial charge in [0.25, 0.3) is 0 Å². The lowest BCUT2D eigenvalue weighted by atomic mass is 10.0. The standard InChI is InChI=1S/C19H29N/c1-15(2)14-20-11-5-6-16(3)12-17-9-10-18-7-4-8-19(18)13-17/h6,9-10,13,15,20H,4-5,7-8,11-12,14H2,1-3H3. The van der Waals surface area contributed by atoms with Crippen molar-refractivity contribution in [3.63, 3.8) is 0 Å². The molecule has 0 radical (unpaired) electrons. The Morgan fingerprint density at radius 1 is 1.25 bits per heavy atom. The molecule has 0 unspecified atom stereocenters. The molecule has 1 aliphatic rings. The summed E-state index contributed by atoms with van der Waals surface area (Å²) in [4.78, 5) is 0. The van der Waals surface area contributed by atoms with Gasteiger partial charge in [-0.2, -0.15) is 0 Å². The normalized spacial score (nSPS) is 14.9. The number of hydrogen-bond acceptors (Lipinski definition) is 1. The summed E-state index contributed by atoms with van der Waals surface area (Å²) in [6.07, 6.45) is 8.55. The minimum absolute atomic E-state index is 0.742. The molecule has 0 spiro atoms. The van der Waals surface area contributed by atoms with E-state index in [2.05, 4.69) is 50.4 Å². The third-order valence-corrected chi connectivity index (χ3v) is 4.01. The number of allylic oxidation sites excluding steroid dienone is 1. The van der Waals surface area contributed by atoms with Crippen molar-refractivity contribution in [2.75, 3.05) is 13.1 Å². The zero-order valence-electron chi connectivity index (χ0n) is 13.3. The molecule has 1 aromatic rings. The van der Waals surface area contributed by atoms with E-state index in [0.29, 0.717) is 0 Å². The molecule has 0 atom stereocenters. The molecule has 0 aliphatic heterocycles. The third kappa shape index (κ3) is 4.79. The number of aryl methyl sites for hydroxylation is 2. The van der Waals surface area contributed by atoms with Gasteiger partial charge >= 0.3 is 0 Å². The quantitative estimate of drug-likeness (QED) is 0.576. The van der Waals surface area contributed by atoms with Gasteiger partial charge in [0, 0.05) is 0 Å². The van der Waals surface area contributed by atoms with E-state index in [-0.39, 0.29) is 0 Å². The molecule has 2 rings (SSSR count). The maximum absolute atomic E-state index is 3.49. The van der Waals surface area contributed by atoms with Crippen LogP contribution in [0.3, 0.4) is 0 Å². The smallest absolute Gasteiger partial charge is 0.00141 e. The van der Waals surface area contributed by atoms with Gasteiger partial charge in [-0.15, -0.1) is 0 Å². The van der Waals surface area contributed by atoms with Gasteiger partial charge in [0.2, 0.25) is 0 Å². The fourth-order valence-electron chi connectivity index (χ4n) is 2.94. The minimum Gasteiger partial charge on any atom is -0.316 e. The van der Waals surface area contributed by atoms with Crippen LogP contribution in [0.1, 0.15) is 50.3 Å². The zero-order valence-corrected chi connectivity index (χ0v) is 13.3. The van der Waals surface area contributed by atoms with Crippen LogP contribution in [0.4, 0.5) is 0 Å². The number of hydrogen-bond donors (Lipinski definition) is 1. The third-order valence-electron chi connectivity index (χ3n) is 4.01. The van der Waals surface area contributed by atoms with Crippen LogP contribution in [0, 0.1) is 5.92 Å². The lowest BCUT2D eigenvalue weighted by Gasteiger charge is -2.07. The maximum atomic E-state index is 3.49. The molecular formula is C19H29N. The van der Waals surface area contributed by atoms with Crippen LogP contribution in [-0.2, 0) is 19.3 Å². The average molecular weight is 271 g/mol. The van der Waals surface area contributed by atoms with Crippen LogP contribution in [0.2, 0.25) is 0 Å². The molecule has 0 heterocycles. The predicted octanol–water partition coefficient (Wildman–Crippen LogP) is 4.30. The van der Waals surface area contributed by atoms with Crippen LogP contribution in [-0.4, -0.2) is 13.1 Å². The van der Waals surface area contributed by atoms with Crippen LogP contribution in [0.25, 0.3) is 0 Å². The second kappa shape index (κ2) is 7.64. The number of nitrogens with one attached hydrogen (secondary N) is 1. The molecule has 20 heavy (non-hydrogen) atoms. The second-order valence-electron chi connectivity index (χ2n) is 6.57. The molecule has 1 heteroatoms. The van der Waals surface area contributed by atoms with Crippen molar-refractivity contribution in [2.24, 2.45) is 5.92 Å². The Morgan fingerprint density at radius 3 is 2.85 bits per heavy atom. The first-order valence-corrected chi connectivity index (χ1v) is 8.12. The van der Waals surface area contributed by atoms with E-state index in [1.165, 1.54) is 30.4 Å². The molecule has 0 fully saturated rings. The highest BCUT2D eigenvalue weighted by Gasteiger charge is 2.10. The average Bonchev–Trinajstić information content (AvgIpc) is 2.85. The number of rotatable bonds is 7. The predicted molar refractivity (Wildman–Crippen MR) is 88.3 cm³/mol.